The van der Waals surface area contributed by atoms with E-state index >= 15 is 0 Å². The van der Waals surface area contributed by atoms with Gasteiger partial charge in [-0.15, -0.1) is 0 Å². The van der Waals surface area contributed by atoms with Crippen molar-refractivity contribution in [2.75, 3.05) is 12.4 Å². The third-order valence-electron chi connectivity index (χ3n) is 2.91. The Kier molecular flexibility index (Phi) is 3.08. The zero-order valence-electron chi connectivity index (χ0n) is 10.7. The van der Waals surface area contributed by atoms with Crippen molar-refractivity contribution in [1.29, 1.82) is 0 Å². The minimum atomic E-state index is 0.719. The molecule has 0 aliphatic heterocycles. The molecule has 0 amide bonds. The number of anilines is 1. The van der Waals surface area contributed by atoms with Crippen LogP contribution >= 0.6 is 0 Å². The summed E-state index contributed by atoms with van der Waals surface area (Å²) in [7, 11) is 1.87. The first-order chi connectivity index (χ1) is 8.17. The number of imidazole rings is 1. The molecule has 5 nitrogen and oxygen atoms in total. The Morgan fingerprint density at radius 1 is 1.29 bits per heavy atom. The van der Waals surface area contributed by atoms with Gasteiger partial charge in [0.15, 0.2) is 5.82 Å². The lowest BCUT2D eigenvalue weighted by Gasteiger charge is -2.10. The van der Waals surface area contributed by atoms with Crippen molar-refractivity contribution in [3.05, 3.63) is 23.8 Å². The maximum atomic E-state index is 4.52. The van der Waals surface area contributed by atoms with Crippen molar-refractivity contribution < 1.29 is 0 Å². The normalized spacial score (nSPS) is 10.6. The Bertz CT molecular complexity index is 530. The zero-order chi connectivity index (χ0) is 12.4. The molecule has 0 saturated carbocycles. The summed E-state index contributed by atoms with van der Waals surface area (Å²) in [6.07, 6.45) is 3.60. The average molecular weight is 231 g/mol. The number of nitrogens with one attached hydrogen (secondary N) is 1. The predicted octanol–water partition coefficient (Wildman–Crippen LogP) is 2.02. The van der Waals surface area contributed by atoms with Gasteiger partial charge in [0.25, 0.3) is 0 Å². The molecule has 2 rings (SSSR count). The Labute approximate surface area is 101 Å². The van der Waals surface area contributed by atoms with Crippen LogP contribution < -0.4 is 5.32 Å². The molecule has 0 aliphatic rings. The summed E-state index contributed by atoms with van der Waals surface area (Å²) in [5.41, 5.74) is 3.02. The van der Waals surface area contributed by atoms with Gasteiger partial charge in [-0.05, 0) is 20.8 Å². The molecule has 2 heterocycles. The van der Waals surface area contributed by atoms with Gasteiger partial charge in [-0.25, -0.2) is 15.0 Å². The minimum absolute atomic E-state index is 0.719. The van der Waals surface area contributed by atoms with E-state index in [0.717, 1.165) is 35.1 Å². The lowest BCUT2D eigenvalue weighted by Crippen LogP contribution is -2.05. The fourth-order valence-electron chi connectivity index (χ4n) is 1.75. The smallest absolute Gasteiger partial charge is 0.180 e. The van der Waals surface area contributed by atoms with Crippen molar-refractivity contribution in [3.8, 4) is 11.5 Å². The van der Waals surface area contributed by atoms with Gasteiger partial charge in [0.2, 0.25) is 0 Å². The molecule has 1 N–H and O–H groups in total. The van der Waals surface area contributed by atoms with Gasteiger partial charge in [-0.3, -0.25) is 0 Å². The number of aryl methyl sites for hydroxylation is 2. The van der Waals surface area contributed by atoms with Gasteiger partial charge in [-0.2, -0.15) is 0 Å². The quantitative estimate of drug-likeness (QED) is 0.878. The van der Waals surface area contributed by atoms with E-state index < -0.39 is 0 Å². The van der Waals surface area contributed by atoms with Crippen LogP contribution in [0.1, 0.15) is 18.2 Å². The van der Waals surface area contributed by atoms with Crippen molar-refractivity contribution >= 4 is 5.82 Å². The molecule has 2 aromatic rings. The maximum Gasteiger partial charge on any atom is 0.180 e. The lowest BCUT2D eigenvalue weighted by atomic mass is 10.2. The zero-order valence-corrected chi connectivity index (χ0v) is 10.7. The van der Waals surface area contributed by atoms with E-state index in [2.05, 4.69) is 27.2 Å². The molecular formula is C12H17N5. The van der Waals surface area contributed by atoms with Crippen LogP contribution in [0.4, 0.5) is 5.82 Å². The highest BCUT2D eigenvalue weighted by atomic mass is 15.1. The van der Waals surface area contributed by atoms with E-state index in [0.29, 0.717) is 0 Å². The Morgan fingerprint density at radius 2 is 2.06 bits per heavy atom. The molecule has 0 unspecified atom stereocenters. The first-order valence-corrected chi connectivity index (χ1v) is 5.70. The van der Waals surface area contributed by atoms with E-state index in [1.807, 2.05) is 25.5 Å². The van der Waals surface area contributed by atoms with Crippen LogP contribution in [-0.4, -0.2) is 26.6 Å². The van der Waals surface area contributed by atoms with Crippen molar-refractivity contribution in [2.24, 2.45) is 0 Å². The summed E-state index contributed by atoms with van der Waals surface area (Å²) in [5.74, 6) is 1.59. The highest BCUT2D eigenvalue weighted by molar-refractivity contribution is 5.55. The van der Waals surface area contributed by atoms with Crippen LogP contribution in [0, 0.1) is 13.8 Å². The summed E-state index contributed by atoms with van der Waals surface area (Å²) in [6.45, 7) is 6.95. The van der Waals surface area contributed by atoms with E-state index in [-0.39, 0.29) is 0 Å². The van der Waals surface area contributed by atoms with Gasteiger partial charge in [0.05, 0.1) is 12.5 Å². The Hall–Kier alpha value is -1.91. The number of nitrogens with zero attached hydrogens (tertiary/aromatic N) is 4. The van der Waals surface area contributed by atoms with E-state index in [1.165, 1.54) is 0 Å². The fourth-order valence-corrected chi connectivity index (χ4v) is 1.75. The molecule has 17 heavy (non-hydrogen) atoms. The summed E-state index contributed by atoms with van der Waals surface area (Å²) >= 11 is 0. The standard InChI is InChI=1S/C12H17N5/c1-5-17-7-14-6-10(17)12-15-9(3)8(2)11(13-4)16-12/h6-7H,5H2,1-4H3,(H,13,15,16). The average Bonchev–Trinajstić information content (AvgIpc) is 2.80. The summed E-state index contributed by atoms with van der Waals surface area (Å²) in [6, 6.07) is 0. The molecular weight excluding hydrogens is 214 g/mol. The van der Waals surface area contributed by atoms with Crippen molar-refractivity contribution in [1.82, 2.24) is 19.5 Å². The van der Waals surface area contributed by atoms with Crippen LogP contribution in [0.2, 0.25) is 0 Å². The lowest BCUT2D eigenvalue weighted by molar-refractivity contribution is 0.763. The molecule has 0 aliphatic carbocycles. The first kappa shape index (κ1) is 11.6. The van der Waals surface area contributed by atoms with Gasteiger partial charge in [0, 0.05) is 24.8 Å². The number of rotatable bonds is 3. The molecule has 90 valence electrons. The van der Waals surface area contributed by atoms with E-state index in [4.69, 9.17) is 0 Å². The topological polar surface area (TPSA) is 55.6 Å². The molecule has 0 atom stereocenters. The van der Waals surface area contributed by atoms with E-state index in [9.17, 15) is 0 Å². The van der Waals surface area contributed by atoms with Crippen LogP contribution in [0.3, 0.4) is 0 Å². The van der Waals surface area contributed by atoms with Crippen molar-refractivity contribution in [3.63, 3.8) is 0 Å². The van der Waals surface area contributed by atoms with Gasteiger partial charge >= 0.3 is 0 Å². The molecule has 0 saturated heterocycles. The van der Waals surface area contributed by atoms with E-state index in [1.54, 1.807) is 12.5 Å². The Morgan fingerprint density at radius 3 is 2.71 bits per heavy atom. The van der Waals surface area contributed by atoms with Crippen LogP contribution in [0.25, 0.3) is 11.5 Å². The van der Waals surface area contributed by atoms with Crippen LogP contribution in [-0.2, 0) is 6.54 Å². The fraction of sp³-hybridized carbons (Fsp3) is 0.417. The first-order valence-electron chi connectivity index (χ1n) is 5.70. The second-order valence-corrected chi connectivity index (χ2v) is 3.92. The summed E-state index contributed by atoms with van der Waals surface area (Å²) < 4.78 is 2.03. The molecule has 0 aromatic carbocycles. The number of hydrogen-bond donors (Lipinski definition) is 1. The second-order valence-electron chi connectivity index (χ2n) is 3.92. The summed E-state index contributed by atoms with van der Waals surface area (Å²) in [4.78, 5) is 13.2. The third kappa shape index (κ3) is 2.00. The Balaban J connectivity index is 2.57. The molecule has 0 spiro atoms. The molecule has 0 radical (unpaired) electrons. The molecule has 0 bridgehead atoms. The highest BCUT2D eigenvalue weighted by Crippen LogP contribution is 2.20. The molecule has 5 heteroatoms. The number of aromatic nitrogens is 4. The van der Waals surface area contributed by atoms with Crippen LogP contribution in [0.5, 0.6) is 0 Å². The predicted molar refractivity (Wildman–Crippen MR) is 67.9 cm³/mol. The minimum Gasteiger partial charge on any atom is -0.373 e. The van der Waals surface area contributed by atoms with Crippen molar-refractivity contribution in [2.45, 2.75) is 27.3 Å². The summed E-state index contributed by atoms with van der Waals surface area (Å²) in [5, 5.41) is 3.10. The molecule has 2 aromatic heterocycles. The number of hydrogen-bond acceptors (Lipinski definition) is 4. The van der Waals surface area contributed by atoms with Gasteiger partial charge < -0.3 is 9.88 Å². The van der Waals surface area contributed by atoms with Crippen LogP contribution in [0.15, 0.2) is 12.5 Å². The van der Waals surface area contributed by atoms with Gasteiger partial charge in [-0.1, -0.05) is 0 Å². The SMILES string of the molecule is CCn1cncc1-c1nc(C)c(C)c(NC)n1. The highest BCUT2D eigenvalue weighted by Gasteiger charge is 2.11. The third-order valence-corrected chi connectivity index (χ3v) is 2.91. The van der Waals surface area contributed by atoms with Gasteiger partial charge in [0.1, 0.15) is 11.5 Å². The second kappa shape index (κ2) is 4.53. The largest absolute Gasteiger partial charge is 0.373 e. The molecule has 0 fully saturated rings. The monoisotopic (exact) mass is 231 g/mol. The maximum absolute atomic E-state index is 4.52.